The summed E-state index contributed by atoms with van der Waals surface area (Å²) in [6.07, 6.45) is 0.970. The van der Waals surface area contributed by atoms with Gasteiger partial charge in [-0.05, 0) is 29.3 Å². The molecule has 0 saturated heterocycles. The number of ether oxygens (including phenoxy) is 1. The van der Waals surface area contributed by atoms with Gasteiger partial charge < -0.3 is 4.74 Å². The smallest absolute Gasteiger partial charge is 0.122 e. The Bertz CT molecular complexity index is 635. The van der Waals surface area contributed by atoms with Crippen LogP contribution in [0.4, 0.5) is 0 Å². The highest BCUT2D eigenvalue weighted by molar-refractivity contribution is 7.99. The first kappa shape index (κ1) is 14.7. The Hall–Kier alpha value is -1.20. The first-order valence-electron chi connectivity index (χ1n) is 6.87. The van der Waals surface area contributed by atoms with Crippen molar-refractivity contribution in [1.82, 2.24) is 5.43 Å². The zero-order chi connectivity index (χ0) is 14.7. The number of fused-ring (bicyclic) bond motifs is 1. The van der Waals surface area contributed by atoms with Crippen molar-refractivity contribution in [2.24, 2.45) is 5.84 Å². The van der Waals surface area contributed by atoms with Crippen LogP contribution in [0.15, 0.2) is 47.4 Å². The minimum absolute atomic E-state index is 0.0807. The molecule has 1 aliphatic heterocycles. The lowest BCUT2D eigenvalue weighted by molar-refractivity contribution is 0.356. The number of nitrogens with one attached hydrogen (secondary N) is 1. The molecule has 0 bridgehead atoms. The maximum absolute atomic E-state index is 6.18. The molecule has 0 saturated carbocycles. The second-order valence-corrected chi connectivity index (χ2v) is 6.40. The number of nitrogens with two attached hydrogens (primary N) is 1. The van der Waals surface area contributed by atoms with Crippen LogP contribution in [0.25, 0.3) is 0 Å². The van der Waals surface area contributed by atoms with E-state index in [0.717, 1.165) is 34.4 Å². The maximum Gasteiger partial charge on any atom is 0.122 e. The molecule has 1 heterocycles. The molecule has 3 rings (SSSR count). The molecule has 5 heteroatoms. The number of hydrogen-bond acceptors (Lipinski definition) is 4. The largest absolute Gasteiger partial charge is 0.493 e. The van der Waals surface area contributed by atoms with E-state index in [1.54, 1.807) is 11.8 Å². The summed E-state index contributed by atoms with van der Waals surface area (Å²) >= 11 is 7.89. The van der Waals surface area contributed by atoms with Crippen molar-refractivity contribution in [2.75, 3.05) is 12.4 Å². The number of halogens is 1. The summed E-state index contributed by atoms with van der Waals surface area (Å²) in [6.45, 7) is 0.772. The predicted octanol–water partition coefficient (Wildman–Crippen LogP) is 3.57. The van der Waals surface area contributed by atoms with Gasteiger partial charge in [-0.15, -0.1) is 11.8 Å². The van der Waals surface area contributed by atoms with Gasteiger partial charge in [0.1, 0.15) is 5.75 Å². The van der Waals surface area contributed by atoms with Gasteiger partial charge in [-0.2, -0.15) is 0 Å². The van der Waals surface area contributed by atoms with Gasteiger partial charge in [0.15, 0.2) is 0 Å². The summed E-state index contributed by atoms with van der Waals surface area (Å²) in [5.41, 5.74) is 5.34. The molecule has 0 radical (unpaired) electrons. The van der Waals surface area contributed by atoms with E-state index < -0.39 is 0 Å². The molecule has 110 valence electrons. The standard InChI is InChI=1S/C16H17ClN2OS/c17-13-3-1-2-4-16(13)21-10-14(19-18)11-5-6-15-12(9-11)7-8-20-15/h1-6,9,14,19H,7-8,10,18H2. The van der Waals surface area contributed by atoms with Crippen molar-refractivity contribution in [2.45, 2.75) is 17.4 Å². The van der Waals surface area contributed by atoms with Crippen LogP contribution >= 0.6 is 23.4 Å². The number of thioether (sulfide) groups is 1. The van der Waals surface area contributed by atoms with Crippen LogP contribution in [0.1, 0.15) is 17.2 Å². The molecule has 0 aromatic heterocycles. The molecule has 0 spiro atoms. The Labute approximate surface area is 133 Å². The summed E-state index contributed by atoms with van der Waals surface area (Å²) in [4.78, 5) is 1.07. The lowest BCUT2D eigenvalue weighted by Gasteiger charge is -2.17. The van der Waals surface area contributed by atoms with E-state index in [1.807, 2.05) is 30.3 Å². The average Bonchev–Trinajstić information content (AvgIpc) is 2.97. The Morgan fingerprint density at radius 1 is 1.29 bits per heavy atom. The van der Waals surface area contributed by atoms with Crippen molar-refractivity contribution in [1.29, 1.82) is 0 Å². The fourth-order valence-corrected chi connectivity index (χ4v) is 3.71. The first-order chi connectivity index (χ1) is 10.3. The van der Waals surface area contributed by atoms with Crippen LogP contribution in [0, 0.1) is 0 Å². The molecule has 3 nitrogen and oxygen atoms in total. The topological polar surface area (TPSA) is 47.3 Å². The van der Waals surface area contributed by atoms with Crippen LogP contribution < -0.4 is 16.0 Å². The minimum Gasteiger partial charge on any atom is -0.493 e. The van der Waals surface area contributed by atoms with Gasteiger partial charge in [0, 0.05) is 17.1 Å². The molecule has 0 fully saturated rings. The Kier molecular flexibility index (Phi) is 4.70. The summed E-state index contributed by atoms with van der Waals surface area (Å²) in [7, 11) is 0. The van der Waals surface area contributed by atoms with Crippen LogP contribution in [-0.2, 0) is 6.42 Å². The van der Waals surface area contributed by atoms with Crippen molar-refractivity contribution in [3.8, 4) is 5.75 Å². The van der Waals surface area contributed by atoms with Gasteiger partial charge in [0.25, 0.3) is 0 Å². The van der Waals surface area contributed by atoms with E-state index in [2.05, 4.69) is 17.6 Å². The highest BCUT2D eigenvalue weighted by Gasteiger charge is 2.16. The normalized spacial score (nSPS) is 14.6. The van der Waals surface area contributed by atoms with Crippen LogP contribution in [-0.4, -0.2) is 12.4 Å². The molecular formula is C16H17ClN2OS. The fraction of sp³-hybridized carbons (Fsp3) is 0.250. The monoisotopic (exact) mass is 320 g/mol. The maximum atomic E-state index is 6.18. The Balaban J connectivity index is 1.72. The molecule has 0 amide bonds. The predicted molar refractivity (Wildman–Crippen MR) is 87.9 cm³/mol. The molecule has 21 heavy (non-hydrogen) atoms. The first-order valence-corrected chi connectivity index (χ1v) is 8.23. The van der Waals surface area contributed by atoms with Gasteiger partial charge in [-0.1, -0.05) is 35.9 Å². The number of hydrazine groups is 1. The molecular weight excluding hydrogens is 304 g/mol. The highest BCUT2D eigenvalue weighted by atomic mass is 35.5. The van der Waals surface area contributed by atoms with Crippen molar-refractivity contribution < 1.29 is 4.74 Å². The molecule has 1 aliphatic rings. The summed E-state index contributed by atoms with van der Waals surface area (Å²) < 4.78 is 5.54. The summed E-state index contributed by atoms with van der Waals surface area (Å²) in [5, 5.41) is 0.778. The van der Waals surface area contributed by atoms with Crippen molar-refractivity contribution in [3.05, 3.63) is 58.6 Å². The van der Waals surface area contributed by atoms with Crippen molar-refractivity contribution in [3.63, 3.8) is 0 Å². The van der Waals surface area contributed by atoms with Crippen LogP contribution in [0.2, 0.25) is 5.02 Å². The Morgan fingerprint density at radius 2 is 2.14 bits per heavy atom. The van der Waals surface area contributed by atoms with E-state index in [4.69, 9.17) is 22.2 Å². The van der Waals surface area contributed by atoms with Crippen LogP contribution in [0.5, 0.6) is 5.75 Å². The molecule has 2 aromatic carbocycles. The molecule has 0 aliphatic carbocycles. The zero-order valence-corrected chi connectivity index (χ0v) is 13.1. The van der Waals surface area contributed by atoms with Gasteiger partial charge >= 0.3 is 0 Å². The van der Waals surface area contributed by atoms with Crippen molar-refractivity contribution >= 4 is 23.4 Å². The van der Waals surface area contributed by atoms with E-state index in [1.165, 1.54) is 11.1 Å². The SMILES string of the molecule is NNC(CSc1ccccc1Cl)c1ccc2c(c1)CCO2. The quantitative estimate of drug-likeness (QED) is 0.502. The summed E-state index contributed by atoms with van der Waals surface area (Å²) in [5.74, 6) is 7.54. The van der Waals surface area contributed by atoms with E-state index >= 15 is 0 Å². The third kappa shape index (κ3) is 3.35. The fourth-order valence-electron chi connectivity index (χ4n) is 2.40. The minimum atomic E-state index is 0.0807. The van der Waals surface area contributed by atoms with Crippen LogP contribution in [0.3, 0.4) is 0 Å². The Morgan fingerprint density at radius 3 is 2.95 bits per heavy atom. The molecule has 2 aromatic rings. The molecule has 1 unspecified atom stereocenters. The summed E-state index contributed by atoms with van der Waals surface area (Å²) in [6, 6.07) is 14.2. The van der Waals surface area contributed by atoms with Gasteiger partial charge in [-0.25, -0.2) is 0 Å². The molecule has 1 atom stereocenters. The molecule has 3 N–H and O–H groups in total. The van der Waals surface area contributed by atoms with Gasteiger partial charge in [0.2, 0.25) is 0 Å². The van der Waals surface area contributed by atoms with E-state index in [-0.39, 0.29) is 6.04 Å². The van der Waals surface area contributed by atoms with Gasteiger partial charge in [-0.3, -0.25) is 11.3 Å². The number of hydrogen-bond donors (Lipinski definition) is 2. The lowest BCUT2D eigenvalue weighted by Crippen LogP contribution is -2.29. The third-order valence-corrected chi connectivity index (χ3v) is 5.17. The third-order valence-electron chi connectivity index (χ3n) is 3.56. The second-order valence-electron chi connectivity index (χ2n) is 4.93. The van der Waals surface area contributed by atoms with E-state index in [0.29, 0.717) is 0 Å². The van der Waals surface area contributed by atoms with E-state index in [9.17, 15) is 0 Å². The average molecular weight is 321 g/mol. The second kappa shape index (κ2) is 6.71. The lowest BCUT2D eigenvalue weighted by atomic mass is 10.0. The number of benzene rings is 2. The number of rotatable bonds is 5. The van der Waals surface area contributed by atoms with Gasteiger partial charge in [0.05, 0.1) is 17.7 Å². The zero-order valence-electron chi connectivity index (χ0n) is 11.5. The highest BCUT2D eigenvalue weighted by Crippen LogP contribution is 2.32.